The number of carbonyl (C=O) groups excluding carboxylic acids is 2. The lowest BCUT2D eigenvalue weighted by Crippen LogP contribution is -2.38. The Bertz CT molecular complexity index is 1650. The van der Waals surface area contributed by atoms with Gasteiger partial charge in [-0.25, -0.2) is 18.2 Å². The Morgan fingerprint density at radius 3 is 2.39 bits per heavy atom. The number of anilines is 1. The third kappa shape index (κ3) is 8.88. The highest BCUT2D eigenvalue weighted by Gasteiger charge is 2.42. The van der Waals surface area contributed by atoms with Crippen molar-refractivity contribution in [1.29, 1.82) is 0 Å². The molecule has 10 nitrogen and oxygen atoms in total. The van der Waals surface area contributed by atoms with Gasteiger partial charge in [0.1, 0.15) is 17.2 Å². The number of aromatic nitrogens is 1. The van der Waals surface area contributed by atoms with Gasteiger partial charge in [0.15, 0.2) is 0 Å². The van der Waals surface area contributed by atoms with Crippen LogP contribution in [0, 0.1) is 0 Å². The van der Waals surface area contributed by atoms with Crippen LogP contribution in [0.5, 0.6) is 17.4 Å². The molecule has 2 N–H and O–H groups in total. The molecule has 1 saturated heterocycles. The minimum Gasteiger partial charge on any atom is -0.437 e. The first-order valence-electron chi connectivity index (χ1n) is 13.0. The number of nitrogens with one attached hydrogen (secondary N) is 2. The second-order valence-electron chi connectivity index (χ2n) is 9.49. The molecule has 0 spiro atoms. The molecule has 44 heavy (non-hydrogen) atoms. The smallest absolute Gasteiger partial charge is 0.437 e. The van der Waals surface area contributed by atoms with Crippen LogP contribution in [0.2, 0.25) is 15.1 Å². The number of amides is 1. The SMILES string of the molecule is O=C(NCCN1CCCCC1)c1ccc(Oc2ncc(Cl)cc2NS(=O)(=O)c2ccc(Cl)c(Cl)c2)cc1OC(=O)C(F)(F)F. The van der Waals surface area contributed by atoms with Gasteiger partial charge in [-0.05, 0) is 62.3 Å². The van der Waals surface area contributed by atoms with Crippen molar-refractivity contribution < 1.29 is 40.7 Å². The van der Waals surface area contributed by atoms with Gasteiger partial charge in [-0.3, -0.25) is 9.52 Å². The zero-order valence-electron chi connectivity index (χ0n) is 22.6. The van der Waals surface area contributed by atoms with Crippen molar-refractivity contribution in [3.8, 4) is 17.4 Å². The number of benzene rings is 2. The molecule has 0 unspecified atom stereocenters. The van der Waals surface area contributed by atoms with E-state index in [1.165, 1.54) is 24.3 Å². The van der Waals surface area contributed by atoms with E-state index in [1.807, 2.05) is 0 Å². The first-order valence-corrected chi connectivity index (χ1v) is 15.6. The first kappa shape index (κ1) is 33.6. The monoisotopic (exact) mass is 694 g/mol. The molecule has 1 aliphatic heterocycles. The van der Waals surface area contributed by atoms with Gasteiger partial charge in [0.2, 0.25) is 5.88 Å². The number of halogens is 6. The average Bonchev–Trinajstić information content (AvgIpc) is 2.96. The molecule has 2 heterocycles. The number of esters is 1. The van der Waals surface area contributed by atoms with Crippen LogP contribution in [0.15, 0.2) is 53.6 Å². The van der Waals surface area contributed by atoms with Crippen LogP contribution in [0.4, 0.5) is 18.9 Å². The first-order chi connectivity index (χ1) is 20.7. The number of alkyl halides is 3. The van der Waals surface area contributed by atoms with E-state index in [4.69, 9.17) is 39.5 Å². The van der Waals surface area contributed by atoms with Crippen LogP contribution in [-0.2, 0) is 14.8 Å². The van der Waals surface area contributed by atoms with Gasteiger partial charge in [-0.2, -0.15) is 13.2 Å². The molecule has 0 saturated carbocycles. The lowest BCUT2D eigenvalue weighted by molar-refractivity contribution is -0.189. The second-order valence-corrected chi connectivity index (χ2v) is 12.4. The summed E-state index contributed by atoms with van der Waals surface area (Å²) in [6.45, 7) is 2.50. The molecule has 0 radical (unpaired) electrons. The Morgan fingerprint density at radius 1 is 0.977 bits per heavy atom. The molecule has 1 amide bonds. The second kappa shape index (κ2) is 14.2. The quantitative estimate of drug-likeness (QED) is 0.187. The fourth-order valence-corrected chi connectivity index (χ4v) is 5.74. The number of sulfonamides is 1. The van der Waals surface area contributed by atoms with Gasteiger partial charge in [0.05, 0.1) is 25.5 Å². The average molecular weight is 696 g/mol. The number of pyridine rings is 1. The van der Waals surface area contributed by atoms with E-state index in [9.17, 15) is 31.2 Å². The molecule has 3 aromatic rings. The maximum Gasteiger partial charge on any atom is 0.491 e. The molecule has 2 aromatic carbocycles. The summed E-state index contributed by atoms with van der Waals surface area (Å²) in [5.74, 6) is -4.70. The molecule has 1 fully saturated rings. The lowest BCUT2D eigenvalue weighted by Gasteiger charge is -2.26. The Balaban J connectivity index is 1.59. The standard InChI is InChI=1S/C27H24Cl3F3N4O6S/c28-16-12-22(36-44(40,41)18-5-7-20(29)21(30)14-18)25(35-15-16)42-17-4-6-19(23(13-17)43-26(39)27(31,32)33)24(38)34-8-11-37-9-2-1-3-10-37/h4-7,12-15,36H,1-3,8-11H2,(H,34,38). The van der Waals surface area contributed by atoms with Crippen molar-refractivity contribution in [2.24, 2.45) is 0 Å². The molecular formula is C27H24Cl3F3N4O6S. The number of hydrogen-bond donors (Lipinski definition) is 2. The minimum absolute atomic E-state index is 0.0144. The van der Waals surface area contributed by atoms with Gasteiger partial charge in [0, 0.05) is 25.4 Å². The van der Waals surface area contributed by atoms with Crippen molar-refractivity contribution in [1.82, 2.24) is 15.2 Å². The molecule has 4 rings (SSSR count). The number of hydrogen-bond acceptors (Lipinski definition) is 8. The Morgan fingerprint density at radius 2 is 1.70 bits per heavy atom. The normalized spacial score (nSPS) is 14.1. The molecule has 1 aliphatic rings. The maximum atomic E-state index is 13.0. The fourth-order valence-electron chi connectivity index (χ4n) is 4.14. The van der Waals surface area contributed by atoms with Crippen molar-refractivity contribution in [2.45, 2.75) is 30.3 Å². The largest absolute Gasteiger partial charge is 0.491 e. The van der Waals surface area contributed by atoms with Gasteiger partial charge < -0.3 is 19.7 Å². The fraction of sp³-hybridized carbons (Fsp3) is 0.296. The summed E-state index contributed by atoms with van der Waals surface area (Å²) < 4.78 is 77.6. The molecule has 1 aromatic heterocycles. The number of likely N-dealkylation sites (tertiary alicyclic amines) is 1. The molecular weight excluding hydrogens is 672 g/mol. The van der Waals surface area contributed by atoms with Crippen LogP contribution >= 0.6 is 34.8 Å². The predicted molar refractivity (Wildman–Crippen MR) is 157 cm³/mol. The molecule has 17 heteroatoms. The topological polar surface area (TPSA) is 127 Å². The van der Waals surface area contributed by atoms with Crippen molar-refractivity contribution in [2.75, 3.05) is 30.9 Å². The lowest BCUT2D eigenvalue weighted by atomic mass is 10.1. The van der Waals surface area contributed by atoms with E-state index >= 15 is 0 Å². The van der Waals surface area contributed by atoms with E-state index in [1.54, 1.807) is 0 Å². The highest BCUT2D eigenvalue weighted by Crippen LogP contribution is 2.35. The number of ether oxygens (including phenoxy) is 2. The number of carbonyl (C=O) groups is 2. The van der Waals surface area contributed by atoms with Crippen molar-refractivity contribution in [3.05, 3.63) is 69.3 Å². The van der Waals surface area contributed by atoms with Crippen LogP contribution < -0.4 is 19.5 Å². The summed E-state index contributed by atoms with van der Waals surface area (Å²) >= 11 is 17.8. The number of nitrogens with zero attached hydrogens (tertiary/aromatic N) is 2. The molecule has 0 bridgehead atoms. The summed E-state index contributed by atoms with van der Waals surface area (Å²) in [4.78, 5) is 30.4. The van der Waals surface area contributed by atoms with Gasteiger partial charge in [-0.1, -0.05) is 41.2 Å². The van der Waals surface area contributed by atoms with Crippen molar-refractivity contribution >= 4 is 62.4 Å². The van der Waals surface area contributed by atoms with Crippen LogP contribution in [-0.4, -0.2) is 62.5 Å². The number of piperidine rings is 1. The van der Waals surface area contributed by atoms with Gasteiger partial charge >= 0.3 is 12.1 Å². The molecule has 0 aliphatic carbocycles. The van der Waals surface area contributed by atoms with Crippen molar-refractivity contribution in [3.63, 3.8) is 0 Å². The van der Waals surface area contributed by atoms with Crippen LogP contribution in [0.25, 0.3) is 0 Å². The highest BCUT2D eigenvalue weighted by molar-refractivity contribution is 7.92. The zero-order valence-corrected chi connectivity index (χ0v) is 25.7. The predicted octanol–water partition coefficient (Wildman–Crippen LogP) is 6.32. The Hall–Kier alpha value is -3.30. The van der Waals surface area contributed by atoms with Gasteiger partial charge in [-0.15, -0.1) is 0 Å². The van der Waals surface area contributed by atoms with Crippen LogP contribution in [0.1, 0.15) is 29.6 Å². The summed E-state index contributed by atoms with van der Waals surface area (Å²) in [5.41, 5.74) is -0.616. The van der Waals surface area contributed by atoms with E-state index in [2.05, 4.69) is 24.7 Å². The highest BCUT2D eigenvalue weighted by atomic mass is 35.5. The summed E-state index contributed by atoms with van der Waals surface area (Å²) in [6.07, 6.45) is -1.03. The number of rotatable bonds is 10. The van der Waals surface area contributed by atoms with E-state index in [0.717, 1.165) is 56.7 Å². The van der Waals surface area contributed by atoms with E-state index in [0.29, 0.717) is 6.54 Å². The van der Waals surface area contributed by atoms with Gasteiger partial charge in [0.25, 0.3) is 15.9 Å². The van der Waals surface area contributed by atoms with Crippen LogP contribution in [0.3, 0.4) is 0 Å². The zero-order chi connectivity index (χ0) is 32.1. The third-order valence-electron chi connectivity index (χ3n) is 6.27. The molecule has 236 valence electrons. The summed E-state index contributed by atoms with van der Waals surface area (Å²) in [5, 5.41) is 2.73. The van der Waals surface area contributed by atoms with E-state index in [-0.39, 0.29) is 49.4 Å². The third-order valence-corrected chi connectivity index (χ3v) is 8.58. The van der Waals surface area contributed by atoms with E-state index < -0.39 is 33.8 Å². The summed E-state index contributed by atoms with van der Waals surface area (Å²) in [6, 6.07) is 7.94. The summed E-state index contributed by atoms with van der Waals surface area (Å²) in [7, 11) is -4.28. The molecule has 0 atom stereocenters. The minimum atomic E-state index is -5.35. The maximum absolute atomic E-state index is 13.0. The Labute approximate surface area is 265 Å². The Kier molecular flexibility index (Phi) is 10.8.